The number of piperazine rings is 1. The van der Waals surface area contributed by atoms with Gasteiger partial charge in [0.1, 0.15) is 11.6 Å². The number of rotatable bonds is 3. The minimum Gasteiger partial charge on any atom is -0.352 e. The van der Waals surface area contributed by atoms with Gasteiger partial charge in [-0.25, -0.2) is 9.18 Å². The van der Waals surface area contributed by atoms with E-state index >= 15 is 0 Å². The van der Waals surface area contributed by atoms with Gasteiger partial charge in [-0.15, -0.1) is 11.8 Å². The fourth-order valence-corrected chi connectivity index (χ4v) is 6.20. The number of hydrogen-bond donors (Lipinski definition) is 0. The quantitative estimate of drug-likeness (QED) is 0.330. The third-order valence-electron chi connectivity index (χ3n) is 6.55. The summed E-state index contributed by atoms with van der Waals surface area (Å²) in [5, 5.41) is -0.0897. The molecule has 37 heavy (non-hydrogen) atoms. The molecular formula is C25H21ClF4N4O2S. The van der Waals surface area contributed by atoms with E-state index < -0.39 is 23.2 Å². The normalized spacial score (nSPS) is 16.1. The van der Waals surface area contributed by atoms with Crippen LogP contribution in [-0.2, 0) is 17.5 Å². The van der Waals surface area contributed by atoms with Gasteiger partial charge >= 0.3 is 11.9 Å². The topological polar surface area (TPSA) is 58.4 Å². The molecule has 3 heterocycles. The van der Waals surface area contributed by atoms with Gasteiger partial charge in [-0.1, -0.05) is 24.2 Å². The Kier molecular flexibility index (Phi) is 6.70. The average Bonchev–Trinajstić information content (AvgIpc) is 3.10. The molecule has 194 valence electrons. The van der Waals surface area contributed by atoms with E-state index in [2.05, 4.69) is 11.6 Å². The third-order valence-corrected chi connectivity index (χ3v) is 8.02. The first-order valence-corrected chi connectivity index (χ1v) is 12.9. The summed E-state index contributed by atoms with van der Waals surface area (Å²) in [5.74, 6) is -0.341. The van der Waals surface area contributed by atoms with Gasteiger partial charge in [0, 0.05) is 48.6 Å². The van der Waals surface area contributed by atoms with Gasteiger partial charge in [0.25, 0.3) is 0 Å². The second-order valence-electron chi connectivity index (χ2n) is 8.74. The molecule has 0 aliphatic carbocycles. The van der Waals surface area contributed by atoms with Gasteiger partial charge in [0.05, 0.1) is 16.1 Å². The molecule has 0 radical (unpaired) electrons. The van der Waals surface area contributed by atoms with Crippen molar-refractivity contribution in [2.45, 2.75) is 24.0 Å². The molecule has 0 saturated carbocycles. The second-order valence-corrected chi connectivity index (χ2v) is 10.3. The molecule has 2 aliphatic rings. The Labute approximate surface area is 218 Å². The molecule has 1 amide bonds. The van der Waals surface area contributed by atoms with Crippen LogP contribution in [0.25, 0.3) is 22.0 Å². The van der Waals surface area contributed by atoms with Crippen LogP contribution < -0.4 is 10.6 Å². The van der Waals surface area contributed by atoms with E-state index in [1.165, 1.54) is 34.5 Å². The third kappa shape index (κ3) is 4.59. The maximum Gasteiger partial charge on any atom is 0.417 e. The zero-order valence-electron chi connectivity index (χ0n) is 19.4. The van der Waals surface area contributed by atoms with Crippen LogP contribution in [0.3, 0.4) is 0 Å². The van der Waals surface area contributed by atoms with Crippen LogP contribution in [0.5, 0.6) is 0 Å². The van der Waals surface area contributed by atoms with E-state index in [4.69, 9.17) is 11.6 Å². The molecule has 5 rings (SSSR count). The van der Waals surface area contributed by atoms with Crippen LogP contribution >= 0.6 is 23.4 Å². The van der Waals surface area contributed by atoms with Crippen molar-refractivity contribution < 1.29 is 22.4 Å². The summed E-state index contributed by atoms with van der Waals surface area (Å²) in [6.45, 7) is 5.02. The predicted octanol–water partition coefficient (Wildman–Crippen LogP) is 5.21. The molecule has 0 unspecified atom stereocenters. The monoisotopic (exact) mass is 552 g/mol. The van der Waals surface area contributed by atoms with Crippen molar-refractivity contribution in [2.75, 3.05) is 36.8 Å². The van der Waals surface area contributed by atoms with Crippen LogP contribution in [0.2, 0.25) is 5.02 Å². The van der Waals surface area contributed by atoms with E-state index in [0.29, 0.717) is 50.4 Å². The standard InChI is InChI=1S/C25H21ClF4N4O2S/c1-2-19(35)32-7-9-33(10-8-32)23-15-13-16(25(28,29)30)20(14-4-5-18(27)17(26)12-14)22-21(15)34(24(36)31-23)6-3-11-37-22/h2,4-5,12-13H,1,3,6-11H2. The number of carbonyl (C=O) groups is 1. The lowest BCUT2D eigenvalue weighted by Crippen LogP contribution is -2.49. The van der Waals surface area contributed by atoms with Crippen molar-refractivity contribution in [2.24, 2.45) is 0 Å². The number of nitrogens with zero attached hydrogens (tertiary/aromatic N) is 4. The number of amides is 1. The highest BCUT2D eigenvalue weighted by Crippen LogP contribution is 2.48. The first kappa shape index (κ1) is 25.6. The van der Waals surface area contributed by atoms with Gasteiger partial charge < -0.3 is 9.80 Å². The number of aromatic nitrogens is 2. The zero-order chi connectivity index (χ0) is 26.5. The Balaban J connectivity index is 1.78. The van der Waals surface area contributed by atoms with E-state index in [-0.39, 0.29) is 38.2 Å². The van der Waals surface area contributed by atoms with Crippen molar-refractivity contribution in [3.05, 3.63) is 63.8 Å². The molecule has 1 fully saturated rings. The Morgan fingerprint density at radius 3 is 2.51 bits per heavy atom. The van der Waals surface area contributed by atoms with Crippen molar-refractivity contribution in [1.82, 2.24) is 14.5 Å². The number of hydrogen-bond acceptors (Lipinski definition) is 5. The van der Waals surface area contributed by atoms with E-state index in [9.17, 15) is 27.2 Å². The van der Waals surface area contributed by atoms with Gasteiger partial charge in [0.2, 0.25) is 5.91 Å². The highest BCUT2D eigenvalue weighted by molar-refractivity contribution is 7.99. The zero-order valence-corrected chi connectivity index (χ0v) is 21.0. The first-order valence-electron chi connectivity index (χ1n) is 11.5. The summed E-state index contributed by atoms with van der Waals surface area (Å²) in [4.78, 5) is 33.0. The fraction of sp³-hybridized carbons (Fsp3) is 0.320. The van der Waals surface area contributed by atoms with Crippen molar-refractivity contribution in [3.63, 3.8) is 0 Å². The Bertz CT molecular complexity index is 1480. The molecule has 0 atom stereocenters. The molecule has 1 saturated heterocycles. The van der Waals surface area contributed by atoms with Crippen LogP contribution in [0.1, 0.15) is 12.0 Å². The number of thioether (sulfide) groups is 1. The maximum atomic E-state index is 14.5. The van der Waals surface area contributed by atoms with Gasteiger partial charge in [0.15, 0.2) is 0 Å². The summed E-state index contributed by atoms with van der Waals surface area (Å²) in [7, 11) is 0. The van der Waals surface area contributed by atoms with Gasteiger partial charge in [-0.05, 0) is 42.0 Å². The van der Waals surface area contributed by atoms with Crippen molar-refractivity contribution >= 4 is 46.0 Å². The first-order chi connectivity index (χ1) is 17.6. The lowest BCUT2D eigenvalue weighted by Gasteiger charge is -2.35. The Hall–Kier alpha value is -3.05. The number of alkyl halides is 3. The molecule has 6 nitrogen and oxygen atoms in total. The number of aryl methyl sites for hydroxylation is 1. The number of carbonyl (C=O) groups excluding carboxylic acids is 1. The Morgan fingerprint density at radius 1 is 1.14 bits per heavy atom. The number of anilines is 1. The minimum atomic E-state index is -4.75. The highest BCUT2D eigenvalue weighted by atomic mass is 35.5. The second kappa shape index (κ2) is 9.68. The van der Waals surface area contributed by atoms with Crippen LogP contribution in [0.15, 0.2) is 46.6 Å². The molecule has 2 aromatic carbocycles. The summed E-state index contributed by atoms with van der Waals surface area (Å²) in [6.07, 6.45) is -2.98. The van der Waals surface area contributed by atoms with Crippen LogP contribution in [0, 0.1) is 5.82 Å². The molecule has 0 N–H and O–H groups in total. The maximum absolute atomic E-state index is 14.5. The lowest BCUT2D eigenvalue weighted by molar-refractivity contribution is -0.137. The Morgan fingerprint density at radius 2 is 1.86 bits per heavy atom. The lowest BCUT2D eigenvalue weighted by atomic mass is 9.96. The molecule has 1 aromatic heterocycles. The van der Waals surface area contributed by atoms with Crippen molar-refractivity contribution in [1.29, 1.82) is 0 Å². The van der Waals surface area contributed by atoms with E-state index in [1.54, 1.807) is 9.80 Å². The predicted molar refractivity (Wildman–Crippen MR) is 136 cm³/mol. The van der Waals surface area contributed by atoms with E-state index in [1.807, 2.05) is 0 Å². The molecule has 3 aromatic rings. The largest absolute Gasteiger partial charge is 0.417 e. The number of benzene rings is 2. The average molecular weight is 553 g/mol. The van der Waals surface area contributed by atoms with Crippen LogP contribution in [0.4, 0.5) is 23.4 Å². The van der Waals surface area contributed by atoms with E-state index in [0.717, 1.165) is 12.1 Å². The SMILES string of the molecule is C=CC(=O)N1CCN(c2nc(=O)n3c4c(c(-c5ccc(F)c(Cl)c5)c(C(F)(F)F)cc24)SCCC3)CC1. The smallest absolute Gasteiger partial charge is 0.352 e. The molecular weight excluding hydrogens is 532 g/mol. The van der Waals surface area contributed by atoms with Crippen molar-refractivity contribution in [3.8, 4) is 11.1 Å². The fourth-order valence-electron chi connectivity index (χ4n) is 4.81. The minimum absolute atomic E-state index is 0.110. The number of halogens is 5. The molecule has 2 aliphatic heterocycles. The van der Waals surface area contributed by atoms with Gasteiger partial charge in [-0.2, -0.15) is 18.2 Å². The molecule has 12 heteroatoms. The summed E-state index contributed by atoms with van der Waals surface area (Å²) >= 11 is 7.18. The highest BCUT2D eigenvalue weighted by Gasteiger charge is 2.38. The molecule has 0 spiro atoms. The van der Waals surface area contributed by atoms with Crippen LogP contribution in [-0.4, -0.2) is 52.3 Å². The summed E-state index contributed by atoms with van der Waals surface area (Å²) in [6, 6.07) is 4.50. The van der Waals surface area contributed by atoms with Gasteiger partial charge in [-0.3, -0.25) is 9.36 Å². The summed E-state index contributed by atoms with van der Waals surface area (Å²) < 4.78 is 58.9. The molecule has 0 bridgehead atoms. The summed E-state index contributed by atoms with van der Waals surface area (Å²) in [5.41, 5.74) is -1.13.